The van der Waals surface area contributed by atoms with Crippen molar-refractivity contribution in [2.45, 2.75) is 146 Å². The predicted octanol–water partition coefficient (Wildman–Crippen LogP) is 8.13. The minimum absolute atomic E-state index is 0.0462. The third-order valence-corrected chi connectivity index (χ3v) is 13.6. The van der Waals surface area contributed by atoms with E-state index in [2.05, 4.69) is 40.1 Å². The van der Waals surface area contributed by atoms with Gasteiger partial charge in [-0.05, 0) is 94.1 Å². The fourth-order valence-corrected chi connectivity index (χ4v) is 11.1. The predicted molar refractivity (Wildman–Crippen MR) is 195 cm³/mol. The average molecular weight is 683 g/mol. The molecule has 7 heteroatoms. The van der Waals surface area contributed by atoms with Gasteiger partial charge in [0.1, 0.15) is 11.9 Å². The quantitative estimate of drug-likeness (QED) is 0.123. The fourth-order valence-electron chi connectivity index (χ4n) is 11.1. The first-order valence-electron chi connectivity index (χ1n) is 20.2. The van der Waals surface area contributed by atoms with E-state index in [9.17, 15) is 14.7 Å². The molecule has 2 aromatic carbocycles. The molecule has 4 fully saturated rings. The lowest BCUT2D eigenvalue weighted by Crippen LogP contribution is -2.69. The van der Waals surface area contributed by atoms with Gasteiger partial charge in [-0.3, -0.25) is 14.5 Å². The smallest absolute Gasteiger partial charge is 0.308 e. The average Bonchev–Trinajstić information content (AvgIpc) is 3.87. The number of unbranched alkanes of at least 4 members (excludes halogenated alkanes) is 2. The van der Waals surface area contributed by atoms with Gasteiger partial charge in [-0.25, -0.2) is 0 Å². The molecule has 7 nitrogen and oxygen atoms in total. The van der Waals surface area contributed by atoms with Crippen molar-refractivity contribution in [2.24, 2.45) is 17.8 Å². The van der Waals surface area contributed by atoms with Crippen molar-refractivity contribution in [1.29, 1.82) is 0 Å². The molecule has 5 atom stereocenters. The molecule has 8 rings (SSSR count). The molecule has 2 aliphatic heterocycles. The van der Waals surface area contributed by atoms with Crippen molar-refractivity contribution in [2.75, 3.05) is 19.6 Å². The van der Waals surface area contributed by atoms with Crippen LogP contribution in [0.4, 0.5) is 0 Å². The molecular formula is C43H58N2O5. The molecule has 0 unspecified atom stereocenters. The molecule has 6 aliphatic rings. The maximum Gasteiger partial charge on any atom is 0.308 e. The van der Waals surface area contributed by atoms with E-state index in [1.54, 1.807) is 6.07 Å². The van der Waals surface area contributed by atoms with Crippen LogP contribution < -0.4 is 9.47 Å². The molecule has 2 heterocycles. The zero-order chi connectivity index (χ0) is 34.2. The van der Waals surface area contributed by atoms with Gasteiger partial charge in [0.15, 0.2) is 11.5 Å². The molecule has 50 heavy (non-hydrogen) atoms. The molecular weight excluding hydrogens is 624 g/mol. The van der Waals surface area contributed by atoms with E-state index in [0.717, 1.165) is 100 Å². The lowest BCUT2D eigenvalue weighted by atomic mass is 9.50. The molecule has 1 spiro atoms. The Morgan fingerprint density at radius 1 is 0.980 bits per heavy atom. The lowest BCUT2D eigenvalue weighted by Gasteiger charge is -2.60. The second kappa shape index (κ2) is 14.5. The Hall–Kier alpha value is -3.06. The Morgan fingerprint density at radius 2 is 1.80 bits per heavy atom. The van der Waals surface area contributed by atoms with E-state index in [-0.39, 0.29) is 29.2 Å². The van der Waals surface area contributed by atoms with Crippen molar-refractivity contribution in [3.63, 3.8) is 0 Å². The number of rotatable bonds is 14. The summed E-state index contributed by atoms with van der Waals surface area (Å²) in [5.74, 6) is 3.09. The molecule has 0 radical (unpaired) electrons. The molecule has 270 valence electrons. The van der Waals surface area contributed by atoms with Crippen LogP contribution in [0.2, 0.25) is 0 Å². The molecule has 2 aromatic rings. The zero-order valence-corrected chi connectivity index (χ0v) is 30.3. The molecule has 0 aromatic heterocycles. The Kier molecular flexibility index (Phi) is 9.89. The third-order valence-electron chi connectivity index (χ3n) is 13.6. The van der Waals surface area contributed by atoms with Crippen molar-refractivity contribution in [1.82, 2.24) is 9.80 Å². The Balaban J connectivity index is 1.07. The van der Waals surface area contributed by atoms with E-state index >= 15 is 0 Å². The lowest BCUT2D eigenvalue weighted by molar-refractivity contribution is -0.143. The molecule has 1 amide bonds. The number of aromatic hydroxyl groups is 1. The van der Waals surface area contributed by atoms with Gasteiger partial charge in [-0.1, -0.05) is 75.3 Å². The van der Waals surface area contributed by atoms with Gasteiger partial charge in [0.05, 0.1) is 6.04 Å². The largest absolute Gasteiger partial charge is 0.508 e. The van der Waals surface area contributed by atoms with Gasteiger partial charge >= 0.3 is 5.97 Å². The van der Waals surface area contributed by atoms with Crippen LogP contribution >= 0.6 is 0 Å². The summed E-state index contributed by atoms with van der Waals surface area (Å²) >= 11 is 0. The van der Waals surface area contributed by atoms with Gasteiger partial charge < -0.3 is 19.5 Å². The summed E-state index contributed by atoms with van der Waals surface area (Å²) in [4.78, 5) is 31.7. The van der Waals surface area contributed by atoms with Crippen LogP contribution in [0.15, 0.2) is 36.4 Å². The number of benzene rings is 2. The van der Waals surface area contributed by atoms with Crippen molar-refractivity contribution in [3.8, 4) is 17.2 Å². The first-order chi connectivity index (χ1) is 24.4. The first kappa shape index (κ1) is 34.0. The fraction of sp³-hybridized carbons (Fsp3) is 0.674. The highest BCUT2D eigenvalue weighted by molar-refractivity contribution is 5.77. The maximum absolute atomic E-state index is 14.5. The van der Waals surface area contributed by atoms with Crippen LogP contribution in [0.25, 0.3) is 0 Å². The number of hydrogen-bond acceptors (Lipinski definition) is 6. The van der Waals surface area contributed by atoms with Crippen LogP contribution in [-0.4, -0.2) is 64.6 Å². The summed E-state index contributed by atoms with van der Waals surface area (Å²) in [6.45, 7) is 4.30. The minimum atomic E-state index is -0.416. The number of aryl methyl sites for hydroxylation is 1. The number of carbonyl (C=O) groups excluding carboxylic acids is 2. The van der Waals surface area contributed by atoms with Crippen molar-refractivity contribution < 1.29 is 24.2 Å². The summed E-state index contributed by atoms with van der Waals surface area (Å²) in [6, 6.07) is 12.6. The first-order valence-corrected chi connectivity index (χ1v) is 20.2. The number of nitrogens with zero attached hydrogens (tertiary/aromatic N) is 2. The number of phenols is 1. The van der Waals surface area contributed by atoms with E-state index in [0.29, 0.717) is 29.9 Å². The minimum Gasteiger partial charge on any atom is -0.508 e. The van der Waals surface area contributed by atoms with Crippen LogP contribution in [0.5, 0.6) is 17.2 Å². The van der Waals surface area contributed by atoms with Gasteiger partial charge in [0, 0.05) is 55.1 Å². The molecule has 1 saturated heterocycles. The molecule has 2 bridgehead atoms. The number of amides is 1. The number of carbonyl (C=O) groups is 2. The number of phenolic OH excluding ortho intramolecular Hbond substituents is 1. The van der Waals surface area contributed by atoms with E-state index in [1.807, 2.05) is 0 Å². The number of esters is 1. The second-order valence-corrected chi connectivity index (χ2v) is 16.7. The van der Waals surface area contributed by atoms with E-state index in [1.165, 1.54) is 63.9 Å². The summed E-state index contributed by atoms with van der Waals surface area (Å²) in [6.07, 6.45) is 19.9. The summed E-state index contributed by atoms with van der Waals surface area (Å²) in [5.41, 5.74) is 3.11. The van der Waals surface area contributed by atoms with Gasteiger partial charge in [-0.15, -0.1) is 0 Å². The van der Waals surface area contributed by atoms with E-state index < -0.39 is 5.97 Å². The summed E-state index contributed by atoms with van der Waals surface area (Å²) in [5, 5.41) is 11.5. The maximum atomic E-state index is 14.5. The van der Waals surface area contributed by atoms with Gasteiger partial charge in [0.2, 0.25) is 5.91 Å². The van der Waals surface area contributed by atoms with Gasteiger partial charge in [0.25, 0.3) is 0 Å². The van der Waals surface area contributed by atoms with Crippen LogP contribution in [0.1, 0.15) is 126 Å². The standard InChI is InChI=1S/C43H58N2O5/c1-29(46)49-38-27-37(47)33-26-36-34-21-22-35(42-43(34,40(33)41(38)50-42)23-25-44(36)28-32-19-20-32)45(24-11-10-17-31-14-6-3-7-15-31)39(48)18-9-8-16-30-12-4-2-5-13-30/h3,6-7,14-15,27,30,32,34-36,42,47H,2,4-5,8-13,16-26,28H2,1H3/t34-,35+,36+,42-,43-/m0/s1. The Bertz CT molecular complexity index is 1530. The summed E-state index contributed by atoms with van der Waals surface area (Å²) in [7, 11) is 0. The molecule has 4 aliphatic carbocycles. The topological polar surface area (TPSA) is 79.3 Å². The number of ether oxygens (including phenoxy) is 2. The van der Waals surface area contributed by atoms with Crippen molar-refractivity contribution in [3.05, 3.63) is 53.1 Å². The van der Waals surface area contributed by atoms with Crippen LogP contribution in [0.3, 0.4) is 0 Å². The van der Waals surface area contributed by atoms with Crippen LogP contribution in [-0.2, 0) is 27.8 Å². The van der Waals surface area contributed by atoms with Crippen LogP contribution in [0, 0.1) is 17.8 Å². The molecule has 1 N–H and O–H groups in total. The second-order valence-electron chi connectivity index (χ2n) is 16.7. The number of likely N-dealkylation sites (tertiary alicyclic amines) is 1. The number of piperidine rings is 1. The molecule has 3 saturated carbocycles. The zero-order valence-electron chi connectivity index (χ0n) is 30.3. The SMILES string of the molecule is CC(=O)Oc1cc(O)c2c3c1O[C@H]1[C@H](N(CCCCc4ccccc4)C(=O)CCCCC4CCCCC4)CC[C@H]4[C@@H](C2)N(CC2CC2)CC[C@@]341. The van der Waals surface area contributed by atoms with E-state index in [4.69, 9.17) is 9.47 Å². The highest BCUT2D eigenvalue weighted by Gasteiger charge is 2.67. The van der Waals surface area contributed by atoms with Gasteiger partial charge in [-0.2, -0.15) is 0 Å². The third kappa shape index (κ3) is 6.57. The number of hydrogen-bond donors (Lipinski definition) is 1. The highest BCUT2D eigenvalue weighted by Crippen LogP contribution is 2.66. The van der Waals surface area contributed by atoms with Crippen molar-refractivity contribution >= 4 is 11.9 Å². The Morgan fingerprint density at radius 3 is 2.58 bits per heavy atom. The summed E-state index contributed by atoms with van der Waals surface area (Å²) < 4.78 is 12.9. The Labute approximate surface area is 299 Å². The normalized spacial score (nSPS) is 28.5. The monoisotopic (exact) mass is 682 g/mol. The highest BCUT2D eigenvalue weighted by atomic mass is 16.6.